The Morgan fingerprint density at radius 1 is 0.750 bits per heavy atom. The highest BCUT2D eigenvalue weighted by Gasteiger charge is 2.43. The van der Waals surface area contributed by atoms with E-state index < -0.39 is 11.2 Å². The summed E-state index contributed by atoms with van der Waals surface area (Å²) in [5.74, 6) is 0. The molecule has 0 spiro atoms. The van der Waals surface area contributed by atoms with Gasteiger partial charge < -0.3 is 19.3 Å². The van der Waals surface area contributed by atoms with E-state index in [4.69, 9.17) is 9.47 Å². The molecule has 0 aromatic rings. The average Bonchev–Trinajstić information content (AvgIpc) is 3.03. The van der Waals surface area contributed by atoms with Gasteiger partial charge in [0.1, 0.15) is 11.2 Å². The molecule has 2 rings (SSSR count). The third kappa shape index (κ3) is 4.77. The number of hydrogen-bond acceptors (Lipinski definition) is 4. The molecule has 0 saturated carbocycles. The molecule has 138 valence electrons. The van der Waals surface area contributed by atoms with Crippen LogP contribution in [0.15, 0.2) is 0 Å². The van der Waals surface area contributed by atoms with Crippen LogP contribution in [0.3, 0.4) is 0 Å². The molecule has 2 aliphatic heterocycles. The minimum Gasteiger partial charge on any atom is -0.444 e. The summed E-state index contributed by atoms with van der Waals surface area (Å²) in [6.07, 6.45) is 3.15. The highest BCUT2D eigenvalue weighted by atomic mass is 16.6. The first-order valence-corrected chi connectivity index (χ1v) is 8.97. The molecule has 0 N–H and O–H groups in total. The number of carbonyl (C=O) groups is 2. The summed E-state index contributed by atoms with van der Waals surface area (Å²) in [5, 5.41) is 0. The fraction of sp³-hybridized carbons (Fsp3) is 0.889. The smallest absolute Gasteiger partial charge is 0.410 e. The van der Waals surface area contributed by atoms with Crippen LogP contribution in [0.1, 0.15) is 67.2 Å². The second kappa shape index (κ2) is 6.81. The van der Waals surface area contributed by atoms with Crippen LogP contribution in [0.25, 0.3) is 0 Å². The summed E-state index contributed by atoms with van der Waals surface area (Å²) >= 11 is 0. The maximum atomic E-state index is 12.5. The van der Waals surface area contributed by atoms with E-state index in [9.17, 15) is 9.59 Å². The Bertz CT molecular complexity index is 434. The molecular weight excluding hydrogens is 308 g/mol. The zero-order chi connectivity index (χ0) is 18.1. The van der Waals surface area contributed by atoms with Gasteiger partial charge in [0.05, 0.1) is 12.1 Å². The van der Waals surface area contributed by atoms with Gasteiger partial charge in [0.25, 0.3) is 0 Å². The topological polar surface area (TPSA) is 59.1 Å². The van der Waals surface area contributed by atoms with Crippen LogP contribution in [-0.4, -0.2) is 58.4 Å². The van der Waals surface area contributed by atoms with E-state index in [-0.39, 0.29) is 24.3 Å². The summed E-state index contributed by atoms with van der Waals surface area (Å²) in [6, 6.07) is 0.0461. The number of hydrogen-bond donors (Lipinski definition) is 0. The van der Waals surface area contributed by atoms with Crippen molar-refractivity contribution in [3.8, 4) is 0 Å². The summed E-state index contributed by atoms with van der Waals surface area (Å²) in [4.78, 5) is 28.6. The molecule has 2 heterocycles. The van der Waals surface area contributed by atoms with E-state index in [2.05, 4.69) is 0 Å². The SMILES string of the molecule is CC(C)(C)OC(=O)N1CCC[C@H]1[C@@H]1CCCN1C(=O)OC(C)(C)C. The Morgan fingerprint density at radius 2 is 1.08 bits per heavy atom. The van der Waals surface area contributed by atoms with Crippen LogP contribution in [0, 0.1) is 0 Å². The summed E-state index contributed by atoms with van der Waals surface area (Å²) < 4.78 is 11.1. The van der Waals surface area contributed by atoms with Gasteiger partial charge in [-0.3, -0.25) is 0 Å². The Kier molecular flexibility index (Phi) is 5.35. The zero-order valence-electron chi connectivity index (χ0n) is 15.9. The predicted molar refractivity (Wildman–Crippen MR) is 91.9 cm³/mol. The molecule has 0 bridgehead atoms. The van der Waals surface area contributed by atoms with Crippen molar-refractivity contribution in [3.63, 3.8) is 0 Å². The fourth-order valence-electron chi connectivity index (χ4n) is 3.48. The summed E-state index contributed by atoms with van der Waals surface area (Å²) in [6.45, 7) is 12.6. The van der Waals surface area contributed by atoms with Crippen molar-refractivity contribution < 1.29 is 19.1 Å². The van der Waals surface area contributed by atoms with E-state index in [1.54, 1.807) is 9.80 Å². The molecule has 0 unspecified atom stereocenters. The maximum absolute atomic E-state index is 12.5. The number of ether oxygens (including phenoxy) is 2. The molecule has 2 fully saturated rings. The molecule has 2 amide bonds. The lowest BCUT2D eigenvalue weighted by Crippen LogP contribution is -2.51. The molecule has 0 aromatic carbocycles. The third-order valence-corrected chi connectivity index (χ3v) is 4.30. The minimum absolute atomic E-state index is 0.0230. The van der Waals surface area contributed by atoms with Gasteiger partial charge in [-0.2, -0.15) is 0 Å². The van der Waals surface area contributed by atoms with Crippen molar-refractivity contribution in [1.82, 2.24) is 9.80 Å². The van der Waals surface area contributed by atoms with Gasteiger partial charge in [-0.05, 0) is 67.2 Å². The van der Waals surface area contributed by atoms with Crippen LogP contribution in [0.5, 0.6) is 0 Å². The van der Waals surface area contributed by atoms with Crippen LogP contribution >= 0.6 is 0 Å². The molecule has 0 aromatic heterocycles. The third-order valence-electron chi connectivity index (χ3n) is 4.30. The molecule has 6 heteroatoms. The Labute approximate surface area is 145 Å². The largest absolute Gasteiger partial charge is 0.444 e. The molecule has 0 radical (unpaired) electrons. The highest BCUT2D eigenvalue weighted by Crippen LogP contribution is 2.32. The quantitative estimate of drug-likeness (QED) is 0.729. The zero-order valence-corrected chi connectivity index (χ0v) is 15.9. The van der Waals surface area contributed by atoms with Crippen molar-refractivity contribution in [2.45, 2.75) is 90.5 Å². The van der Waals surface area contributed by atoms with E-state index in [1.807, 2.05) is 41.5 Å². The summed E-state index contributed by atoms with van der Waals surface area (Å²) in [7, 11) is 0. The number of nitrogens with zero attached hydrogens (tertiary/aromatic N) is 2. The monoisotopic (exact) mass is 340 g/mol. The predicted octanol–water partition coefficient (Wildman–Crippen LogP) is 3.79. The molecule has 2 aliphatic rings. The first kappa shape index (κ1) is 18.9. The van der Waals surface area contributed by atoms with Gasteiger partial charge in [-0.25, -0.2) is 9.59 Å². The molecule has 2 atom stereocenters. The first-order valence-electron chi connectivity index (χ1n) is 8.97. The Morgan fingerprint density at radius 3 is 1.38 bits per heavy atom. The molecule has 2 saturated heterocycles. The van der Waals surface area contributed by atoms with Gasteiger partial charge in [0.15, 0.2) is 0 Å². The normalized spacial score (nSPS) is 25.1. The number of carbonyl (C=O) groups excluding carboxylic acids is 2. The Balaban J connectivity index is 2.07. The van der Waals surface area contributed by atoms with Gasteiger partial charge in [0.2, 0.25) is 0 Å². The van der Waals surface area contributed by atoms with Crippen molar-refractivity contribution in [2.24, 2.45) is 0 Å². The number of amides is 2. The van der Waals surface area contributed by atoms with Crippen molar-refractivity contribution in [3.05, 3.63) is 0 Å². The van der Waals surface area contributed by atoms with Crippen LogP contribution in [-0.2, 0) is 9.47 Å². The van der Waals surface area contributed by atoms with Gasteiger partial charge in [0, 0.05) is 13.1 Å². The van der Waals surface area contributed by atoms with E-state index in [0.29, 0.717) is 13.1 Å². The van der Waals surface area contributed by atoms with Crippen LogP contribution in [0.2, 0.25) is 0 Å². The average molecular weight is 340 g/mol. The lowest BCUT2D eigenvalue weighted by Gasteiger charge is -2.36. The second-order valence-electron chi connectivity index (χ2n) is 8.77. The van der Waals surface area contributed by atoms with Crippen molar-refractivity contribution in [2.75, 3.05) is 13.1 Å². The van der Waals surface area contributed by atoms with Crippen LogP contribution < -0.4 is 0 Å². The van der Waals surface area contributed by atoms with Gasteiger partial charge in [-0.1, -0.05) is 0 Å². The Hall–Kier alpha value is -1.46. The molecular formula is C18H32N2O4. The van der Waals surface area contributed by atoms with Crippen molar-refractivity contribution in [1.29, 1.82) is 0 Å². The van der Waals surface area contributed by atoms with Crippen LogP contribution in [0.4, 0.5) is 9.59 Å². The number of rotatable bonds is 1. The lowest BCUT2D eigenvalue weighted by molar-refractivity contribution is 0.00230. The second-order valence-corrected chi connectivity index (χ2v) is 8.77. The lowest BCUT2D eigenvalue weighted by atomic mass is 10.0. The van der Waals surface area contributed by atoms with Crippen molar-refractivity contribution >= 4 is 12.2 Å². The van der Waals surface area contributed by atoms with E-state index >= 15 is 0 Å². The standard InChI is InChI=1S/C18H32N2O4/c1-17(2,3)23-15(21)19-11-7-9-13(19)14-10-8-12-20(14)16(22)24-18(4,5)6/h13-14H,7-12H2,1-6H3/t13-,14-/m0/s1. The molecule has 6 nitrogen and oxygen atoms in total. The highest BCUT2D eigenvalue weighted by molar-refractivity contribution is 5.71. The fourth-order valence-corrected chi connectivity index (χ4v) is 3.48. The first-order chi connectivity index (χ1) is 11.0. The molecule has 24 heavy (non-hydrogen) atoms. The van der Waals surface area contributed by atoms with E-state index in [1.165, 1.54) is 0 Å². The van der Waals surface area contributed by atoms with E-state index in [0.717, 1.165) is 25.7 Å². The minimum atomic E-state index is -0.509. The van der Waals surface area contributed by atoms with Gasteiger partial charge in [-0.15, -0.1) is 0 Å². The maximum Gasteiger partial charge on any atom is 0.410 e. The number of likely N-dealkylation sites (tertiary alicyclic amines) is 2. The summed E-state index contributed by atoms with van der Waals surface area (Å²) in [5.41, 5.74) is -1.02. The molecule has 0 aliphatic carbocycles. The van der Waals surface area contributed by atoms with Gasteiger partial charge >= 0.3 is 12.2 Å².